The average molecular weight is 117 g/mol. The SMILES string of the molecule is CCCC=C=CCl. The molecule has 0 rings (SSSR count). The minimum absolute atomic E-state index is 1.07. The van der Waals surface area contributed by atoms with Crippen LogP contribution in [0, 0.1) is 0 Å². The van der Waals surface area contributed by atoms with Gasteiger partial charge in [-0.3, -0.25) is 0 Å². The van der Waals surface area contributed by atoms with E-state index in [0.29, 0.717) is 0 Å². The second-order valence-corrected chi connectivity index (χ2v) is 1.49. The van der Waals surface area contributed by atoms with Crippen LogP contribution in [-0.2, 0) is 0 Å². The highest BCUT2D eigenvalue weighted by molar-refractivity contribution is 6.25. The van der Waals surface area contributed by atoms with Crippen LogP contribution in [0.3, 0.4) is 0 Å². The van der Waals surface area contributed by atoms with Gasteiger partial charge in [0.25, 0.3) is 0 Å². The third-order valence-electron chi connectivity index (χ3n) is 0.614. The van der Waals surface area contributed by atoms with E-state index in [2.05, 4.69) is 12.7 Å². The first-order valence-electron chi connectivity index (χ1n) is 2.41. The van der Waals surface area contributed by atoms with Crippen LogP contribution in [0.25, 0.3) is 0 Å². The van der Waals surface area contributed by atoms with E-state index in [4.69, 9.17) is 11.6 Å². The summed E-state index contributed by atoms with van der Waals surface area (Å²) in [5, 5.41) is 0. The van der Waals surface area contributed by atoms with Crippen molar-refractivity contribution >= 4 is 11.6 Å². The average Bonchev–Trinajstić information content (AvgIpc) is 1.69. The Bertz CT molecular complexity index is 78.2. The van der Waals surface area contributed by atoms with Crippen LogP contribution in [-0.4, -0.2) is 0 Å². The van der Waals surface area contributed by atoms with Crippen molar-refractivity contribution in [3.05, 3.63) is 17.3 Å². The smallest absolute Gasteiger partial charge is 0.0459 e. The minimum atomic E-state index is 1.07. The molecule has 0 aromatic carbocycles. The largest absolute Gasteiger partial charge is 0.113 e. The molecule has 0 N–H and O–H groups in total. The standard InChI is InChI=1S/C6H9Cl/c1-2-3-4-5-6-7/h4,6H,2-3H2,1H3. The molecule has 0 aliphatic carbocycles. The van der Waals surface area contributed by atoms with E-state index in [9.17, 15) is 0 Å². The molecule has 0 atom stereocenters. The highest BCUT2D eigenvalue weighted by Crippen LogP contribution is 1.85. The van der Waals surface area contributed by atoms with Crippen molar-refractivity contribution in [2.24, 2.45) is 0 Å². The molecule has 1 heteroatoms. The van der Waals surface area contributed by atoms with Gasteiger partial charge in [0.05, 0.1) is 0 Å². The molecule has 0 aromatic heterocycles. The van der Waals surface area contributed by atoms with Gasteiger partial charge in [0.15, 0.2) is 0 Å². The second-order valence-electron chi connectivity index (χ2n) is 1.27. The predicted molar refractivity (Wildman–Crippen MR) is 33.4 cm³/mol. The van der Waals surface area contributed by atoms with Gasteiger partial charge >= 0.3 is 0 Å². The Labute approximate surface area is 49.5 Å². The topological polar surface area (TPSA) is 0 Å². The number of hydrogen-bond acceptors (Lipinski definition) is 0. The fourth-order valence-corrected chi connectivity index (χ4v) is 0.361. The van der Waals surface area contributed by atoms with E-state index >= 15 is 0 Å². The second kappa shape index (κ2) is 5.81. The summed E-state index contributed by atoms with van der Waals surface area (Å²) >= 11 is 5.17. The molecule has 0 fully saturated rings. The molecule has 0 radical (unpaired) electrons. The normalized spacial score (nSPS) is 7.14. The van der Waals surface area contributed by atoms with E-state index in [0.717, 1.165) is 12.8 Å². The van der Waals surface area contributed by atoms with Crippen LogP contribution in [0.5, 0.6) is 0 Å². The molecule has 0 saturated carbocycles. The Morgan fingerprint density at radius 2 is 2.43 bits per heavy atom. The molecule has 0 unspecified atom stereocenters. The number of hydrogen-bond donors (Lipinski definition) is 0. The predicted octanol–water partition coefficient (Wildman–Crippen LogP) is 2.69. The third-order valence-corrected chi connectivity index (χ3v) is 0.740. The van der Waals surface area contributed by atoms with E-state index in [1.54, 1.807) is 0 Å². The lowest BCUT2D eigenvalue weighted by molar-refractivity contribution is 0.960. The fourth-order valence-electron chi connectivity index (χ4n) is 0.272. The molecule has 0 heterocycles. The van der Waals surface area contributed by atoms with Crippen LogP contribution in [0.15, 0.2) is 17.3 Å². The number of halogens is 1. The van der Waals surface area contributed by atoms with Crippen molar-refractivity contribution in [1.82, 2.24) is 0 Å². The van der Waals surface area contributed by atoms with Crippen molar-refractivity contribution in [2.45, 2.75) is 19.8 Å². The molecule has 0 bridgehead atoms. The molecule has 7 heavy (non-hydrogen) atoms. The van der Waals surface area contributed by atoms with Crippen molar-refractivity contribution < 1.29 is 0 Å². The zero-order valence-corrected chi connectivity index (χ0v) is 5.20. The first-order valence-corrected chi connectivity index (χ1v) is 2.85. The van der Waals surface area contributed by atoms with Crippen molar-refractivity contribution in [1.29, 1.82) is 0 Å². The summed E-state index contributed by atoms with van der Waals surface area (Å²) in [6.45, 7) is 2.12. The van der Waals surface area contributed by atoms with Gasteiger partial charge in [-0.2, -0.15) is 0 Å². The van der Waals surface area contributed by atoms with E-state index in [1.807, 2.05) is 6.08 Å². The van der Waals surface area contributed by atoms with Crippen LogP contribution in [0.1, 0.15) is 19.8 Å². The van der Waals surface area contributed by atoms with E-state index in [1.165, 1.54) is 5.54 Å². The fraction of sp³-hybridized carbons (Fsp3) is 0.500. The molecule has 40 valence electrons. The maximum absolute atomic E-state index is 5.17. The first kappa shape index (κ1) is 6.81. The molecular formula is C6H9Cl. The Hall–Kier alpha value is -0.190. The van der Waals surface area contributed by atoms with Gasteiger partial charge in [-0.05, 0) is 12.5 Å². The Morgan fingerprint density at radius 1 is 1.71 bits per heavy atom. The first-order chi connectivity index (χ1) is 3.41. The molecule has 0 saturated heterocycles. The Morgan fingerprint density at radius 3 is 2.86 bits per heavy atom. The lowest BCUT2D eigenvalue weighted by Crippen LogP contribution is -1.54. The van der Waals surface area contributed by atoms with Gasteiger partial charge in [-0.25, -0.2) is 0 Å². The number of unbranched alkanes of at least 4 members (excludes halogenated alkanes) is 1. The summed E-state index contributed by atoms with van der Waals surface area (Å²) in [6, 6.07) is 0. The summed E-state index contributed by atoms with van der Waals surface area (Å²) in [5.74, 6) is 0. The summed E-state index contributed by atoms with van der Waals surface area (Å²) < 4.78 is 0. The summed E-state index contributed by atoms with van der Waals surface area (Å²) in [7, 11) is 0. The summed E-state index contributed by atoms with van der Waals surface area (Å²) in [4.78, 5) is 0. The highest BCUT2D eigenvalue weighted by Gasteiger charge is 1.65. The van der Waals surface area contributed by atoms with Crippen molar-refractivity contribution in [3.8, 4) is 0 Å². The van der Waals surface area contributed by atoms with Gasteiger partial charge in [0, 0.05) is 5.54 Å². The molecule has 0 nitrogen and oxygen atoms in total. The van der Waals surface area contributed by atoms with Gasteiger partial charge in [0.2, 0.25) is 0 Å². The quantitative estimate of drug-likeness (QED) is 0.487. The highest BCUT2D eigenvalue weighted by atomic mass is 35.5. The van der Waals surface area contributed by atoms with Crippen LogP contribution < -0.4 is 0 Å². The lowest BCUT2D eigenvalue weighted by Gasteiger charge is -1.73. The van der Waals surface area contributed by atoms with E-state index < -0.39 is 0 Å². The Kier molecular flexibility index (Phi) is 5.65. The van der Waals surface area contributed by atoms with Crippen LogP contribution in [0.4, 0.5) is 0 Å². The number of rotatable bonds is 2. The minimum Gasteiger partial charge on any atom is -0.113 e. The molecular weight excluding hydrogens is 108 g/mol. The molecule has 0 aliphatic heterocycles. The molecule has 0 spiro atoms. The monoisotopic (exact) mass is 116 g/mol. The zero-order valence-electron chi connectivity index (χ0n) is 4.45. The van der Waals surface area contributed by atoms with Gasteiger partial charge in [-0.1, -0.05) is 24.9 Å². The summed E-state index contributed by atoms with van der Waals surface area (Å²) in [6.07, 6.45) is 4.16. The molecule has 0 aliphatic rings. The van der Waals surface area contributed by atoms with E-state index in [-0.39, 0.29) is 0 Å². The third kappa shape index (κ3) is 5.81. The number of allylic oxidation sites excluding steroid dienone is 1. The maximum atomic E-state index is 5.17. The maximum Gasteiger partial charge on any atom is 0.0459 e. The van der Waals surface area contributed by atoms with Gasteiger partial charge in [-0.15, -0.1) is 5.73 Å². The zero-order chi connectivity index (χ0) is 5.54. The lowest BCUT2D eigenvalue weighted by atomic mass is 10.3. The Balaban J connectivity index is 3.10. The van der Waals surface area contributed by atoms with Crippen molar-refractivity contribution in [3.63, 3.8) is 0 Å². The molecule has 0 amide bonds. The van der Waals surface area contributed by atoms with Crippen LogP contribution in [0.2, 0.25) is 0 Å². The van der Waals surface area contributed by atoms with Gasteiger partial charge in [0.1, 0.15) is 0 Å². The van der Waals surface area contributed by atoms with Crippen molar-refractivity contribution in [2.75, 3.05) is 0 Å². The molecule has 0 aromatic rings. The van der Waals surface area contributed by atoms with Gasteiger partial charge < -0.3 is 0 Å². The van der Waals surface area contributed by atoms with Crippen LogP contribution >= 0.6 is 11.6 Å². The summed E-state index contributed by atoms with van der Waals surface area (Å²) in [5.41, 5.74) is 4.16.